The maximum Gasteiger partial charge on any atom is 0.305 e. The van der Waals surface area contributed by atoms with Crippen LogP contribution in [0.2, 0.25) is 0 Å². The second-order valence-electron chi connectivity index (χ2n) is 5.80. The molecule has 2 amide bonds. The van der Waals surface area contributed by atoms with Gasteiger partial charge in [-0.2, -0.15) is 0 Å². The maximum atomic E-state index is 13.6. The van der Waals surface area contributed by atoms with E-state index in [0.717, 1.165) is 0 Å². The predicted molar refractivity (Wildman–Crippen MR) is 96.2 cm³/mol. The highest BCUT2D eigenvalue weighted by Crippen LogP contribution is 2.22. The molecule has 0 aliphatic rings. The van der Waals surface area contributed by atoms with Crippen LogP contribution in [0.3, 0.4) is 0 Å². The summed E-state index contributed by atoms with van der Waals surface area (Å²) in [6.45, 7) is 1.41. The molecule has 2 aromatic carbocycles. The van der Waals surface area contributed by atoms with E-state index in [-0.39, 0.29) is 17.3 Å². The Morgan fingerprint density at radius 1 is 0.964 bits per heavy atom. The molecule has 6 nitrogen and oxygen atoms in total. The highest BCUT2D eigenvalue weighted by atomic mass is 19.1. The van der Waals surface area contributed by atoms with Crippen molar-refractivity contribution in [2.45, 2.75) is 13.0 Å². The molecule has 0 aliphatic carbocycles. The van der Waals surface area contributed by atoms with Gasteiger partial charge in [0.25, 0.3) is 5.91 Å². The highest BCUT2D eigenvalue weighted by Gasteiger charge is 2.18. The van der Waals surface area contributed by atoms with Crippen molar-refractivity contribution in [2.75, 3.05) is 0 Å². The molecule has 0 spiro atoms. The number of nitrogens with one attached hydrogen (secondary N) is 2. The average molecular weight is 386 g/mol. The van der Waals surface area contributed by atoms with Crippen LogP contribution in [0.1, 0.15) is 17.5 Å². The summed E-state index contributed by atoms with van der Waals surface area (Å²) in [5, 5.41) is 0. The van der Waals surface area contributed by atoms with Crippen LogP contribution < -0.4 is 15.6 Å². The standard InChI is InChI=1S/C20H16F2N2O4/c1-12(27-17-5-3-2-4-15(17)22)19(25)23-24-20(26)18-11-10-16(28-18)13-6-8-14(21)9-7-13/h2-12H,1H3,(H,23,25)(H,24,26). The molecule has 1 unspecified atom stereocenters. The number of ether oxygens (including phenoxy) is 1. The van der Waals surface area contributed by atoms with E-state index in [0.29, 0.717) is 11.3 Å². The number of hydrogen-bond donors (Lipinski definition) is 2. The molecule has 0 aliphatic heterocycles. The first-order valence-corrected chi connectivity index (χ1v) is 8.31. The van der Waals surface area contributed by atoms with Crippen LogP contribution in [0.25, 0.3) is 11.3 Å². The zero-order chi connectivity index (χ0) is 20.1. The Bertz CT molecular complexity index is 986. The third kappa shape index (κ3) is 4.53. The van der Waals surface area contributed by atoms with E-state index < -0.39 is 23.7 Å². The quantitative estimate of drug-likeness (QED) is 0.658. The van der Waals surface area contributed by atoms with Crippen molar-refractivity contribution in [3.63, 3.8) is 0 Å². The molecule has 0 saturated heterocycles. The van der Waals surface area contributed by atoms with E-state index in [1.165, 1.54) is 55.5 Å². The molecule has 3 aromatic rings. The van der Waals surface area contributed by atoms with Crippen molar-refractivity contribution in [1.82, 2.24) is 10.9 Å². The normalized spacial score (nSPS) is 11.5. The van der Waals surface area contributed by atoms with E-state index >= 15 is 0 Å². The third-order valence-corrected chi connectivity index (χ3v) is 3.77. The van der Waals surface area contributed by atoms with Crippen molar-refractivity contribution in [3.05, 3.63) is 78.1 Å². The number of furan rings is 1. The molecule has 1 aromatic heterocycles. The Balaban J connectivity index is 1.55. The van der Waals surface area contributed by atoms with Gasteiger partial charge in [-0.1, -0.05) is 12.1 Å². The van der Waals surface area contributed by atoms with Crippen LogP contribution in [0.5, 0.6) is 5.75 Å². The van der Waals surface area contributed by atoms with Crippen molar-refractivity contribution in [3.8, 4) is 17.1 Å². The summed E-state index contributed by atoms with van der Waals surface area (Å²) in [6, 6.07) is 14.2. The number of halogens is 2. The van der Waals surface area contributed by atoms with Crippen molar-refractivity contribution in [2.24, 2.45) is 0 Å². The van der Waals surface area contributed by atoms with E-state index in [1.54, 1.807) is 12.1 Å². The summed E-state index contributed by atoms with van der Waals surface area (Å²) >= 11 is 0. The molecule has 0 saturated carbocycles. The lowest BCUT2D eigenvalue weighted by Crippen LogP contribution is -2.47. The Morgan fingerprint density at radius 2 is 1.68 bits per heavy atom. The molecule has 1 atom stereocenters. The van der Waals surface area contributed by atoms with Crippen LogP contribution in [-0.4, -0.2) is 17.9 Å². The SMILES string of the molecule is CC(Oc1ccccc1F)C(=O)NNC(=O)c1ccc(-c2ccc(F)cc2)o1. The second-order valence-corrected chi connectivity index (χ2v) is 5.80. The third-order valence-electron chi connectivity index (χ3n) is 3.77. The van der Waals surface area contributed by atoms with Gasteiger partial charge in [0.2, 0.25) is 0 Å². The number of carbonyl (C=O) groups excluding carboxylic acids is 2. The molecule has 1 heterocycles. The summed E-state index contributed by atoms with van der Waals surface area (Å²) in [7, 11) is 0. The molecular weight excluding hydrogens is 370 g/mol. The molecule has 28 heavy (non-hydrogen) atoms. The van der Waals surface area contributed by atoms with E-state index in [1.807, 2.05) is 0 Å². The maximum absolute atomic E-state index is 13.6. The minimum absolute atomic E-state index is 0.0534. The Hall–Kier alpha value is -3.68. The van der Waals surface area contributed by atoms with Crippen LogP contribution in [-0.2, 0) is 4.79 Å². The van der Waals surface area contributed by atoms with Gasteiger partial charge in [-0.15, -0.1) is 0 Å². The molecule has 2 N–H and O–H groups in total. The lowest BCUT2D eigenvalue weighted by atomic mass is 10.2. The Morgan fingerprint density at radius 3 is 2.39 bits per heavy atom. The fourth-order valence-electron chi connectivity index (χ4n) is 2.30. The summed E-state index contributed by atoms with van der Waals surface area (Å²) in [4.78, 5) is 24.1. The molecule has 3 rings (SSSR count). The van der Waals surface area contributed by atoms with Crippen LogP contribution in [0.4, 0.5) is 8.78 Å². The Kier molecular flexibility index (Phi) is 5.69. The number of hydrazine groups is 1. The fraction of sp³-hybridized carbons (Fsp3) is 0.100. The van der Waals surface area contributed by atoms with Gasteiger partial charge in [-0.25, -0.2) is 8.78 Å². The smallest absolute Gasteiger partial charge is 0.305 e. The van der Waals surface area contributed by atoms with E-state index in [4.69, 9.17) is 9.15 Å². The van der Waals surface area contributed by atoms with Crippen LogP contribution in [0.15, 0.2) is 65.1 Å². The molecular formula is C20H16F2N2O4. The van der Waals surface area contributed by atoms with Gasteiger partial charge in [0.1, 0.15) is 11.6 Å². The number of benzene rings is 2. The fourth-order valence-corrected chi connectivity index (χ4v) is 2.30. The molecule has 0 radical (unpaired) electrons. The van der Waals surface area contributed by atoms with Gasteiger partial charge in [-0.3, -0.25) is 20.4 Å². The zero-order valence-electron chi connectivity index (χ0n) is 14.7. The highest BCUT2D eigenvalue weighted by molar-refractivity contribution is 5.94. The lowest BCUT2D eigenvalue weighted by Gasteiger charge is -2.15. The Labute approximate surface area is 159 Å². The largest absolute Gasteiger partial charge is 0.478 e. The van der Waals surface area contributed by atoms with Gasteiger partial charge < -0.3 is 9.15 Å². The number of amides is 2. The van der Waals surface area contributed by atoms with Crippen LogP contribution in [0, 0.1) is 11.6 Å². The van der Waals surface area contributed by atoms with Crippen molar-refractivity contribution >= 4 is 11.8 Å². The van der Waals surface area contributed by atoms with Crippen molar-refractivity contribution in [1.29, 1.82) is 0 Å². The summed E-state index contributed by atoms with van der Waals surface area (Å²) in [5.74, 6) is -2.12. The molecule has 144 valence electrons. The first-order chi connectivity index (χ1) is 13.4. The first-order valence-electron chi connectivity index (χ1n) is 8.31. The lowest BCUT2D eigenvalue weighted by molar-refractivity contribution is -0.128. The monoisotopic (exact) mass is 386 g/mol. The molecule has 0 fully saturated rings. The summed E-state index contributed by atoms with van der Waals surface area (Å²) in [6.07, 6.45) is -1.05. The first kappa shape index (κ1) is 19.1. The number of hydrogen-bond acceptors (Lipinski definition) is 4. The van der Waals surface area contributed by atoms with Crippen molar-refractivity contribution < 1.29 is 27.5 Å². The van der Waals surface area contributed by atoms with Crippen LogP contribution >= 0.6 is 0 Å². The van der Waals surface area contributed by atoms with Gasteiger partial charge in [0, 0.05) is 5.56 Å². The zero-order valence-corrected chi connectivity index (χ0v) is 14.7. The minimum atomic E-state index is -1.05. The average Bonchev–Trinajstić information content (AvgIpc) is 3.18. The summed E-state index contributed by atoms with van der Waals surface area (Å²) < 4.78 is 37.2. The number of rotatable bonds is 5. The van der Waals surface area contributed by atoms with Gasteiger partial charge in [-0.05, 0) is 55.5 Å². The summed E-state index contributed by atoms with van der Waals surface area (Å²) in [5.41, 5.74) is 4.96. The topological polar surface area (TPSA) is 80.6 Å². The molecule has 8 heteroatoms. The molecule has 0 bridgehead atoms. The minimum Gasteiger partial charge on any atom is -0.478 e. The number of carbonyl (C=O) groups is 2. The van der Waals surface area contributed by atoms with Gasteiger partial charge >= 0.3 is 5.91 Å². The van der Waals surface area contributed by atoms with E-state index in [2.05, 4.69) is 10.9 Å². The van der Waals surface area contributed by atoms with E-state index in [9.17, 15) is 18.4 Å². The predicted octanol–water partition coefficient (Wildman–Crippen LogP) is 3.45. The second kappa shape index (κ2) is 8.34. The van der Waals surface area contributed by atoms with Gasteiger partial charge in [0.15, 0.2) is 23.4 Å². The number of para-hydroxylation sites is 1. The van der Waals surface area contributed by atoms with Gasteiger partial charge in [0.05, 0.1) is 0 Å².